The van der Waals surface area contributed by atoms with Crippen LogP contribution in [0.2, 0.25) is 0 Å². The minimum Gasteiger partial charge on any atom is -0.189 e. The lowest BCUT2D eigenvalue weighted by atomic mass is 9.73. The predicted octanol–water partition coefficient (Wildman–Crippen LogP) is 3.73. The molecule has 0 bridgehead atoms. The van der Waals surface area contributed by atoms with Crippen molar-refractivity contribution in [2.75, 3.05) is 7.05 Å². The second-order valence-corrected chi connectivity index (χ2v) is 6.69. The molecule has 0 fully saturated rings. The Bertz CT molecular complexity index is 259. The zero-order valence-electron chi connectivity index (χ0n) is 12.0. The van der Waals surface area contributed by atoms with Crippen molar-refractivity contribution in [2.45, 2.75) is 61.4 Å². The highest BCUT2D eigenvalue weighted by Gasteiger charge is 2.30. The molecular formula is C14H28N+. The molecule has 15 heavy (non-hydrogen) atoms. The lowest BCUT2D eigenvalue weighted by molar-refractivity contribution is -0.523. The average Bonchev–Trinajstić information content (AvgIpc) is 1.94. The van der Waals surface area contributed by atoms with Gasteiger partial charge in [0.05, 0.1) is 0 Å². The standard InChI is InChI=1S/C14H28N/c1-11(2)15(9)10-12(13(3,4)5)14(6,7)8/h11H,1-9H3/q+1. The van der Waals surface area contributed by atoms with Gasteiger partial charge in [-0.25, -0.2) is 0 Å². The van der Waals surface area contributed by atoms with Crippen molar-refractivity contribution >= 4 is 5.87 Å². The van der Waals surface area contributed by atoms with E-state index in [-0.39, 0.29) is 10.8 Å². The maximum atomic E-state index is 3.55. The summed E-state index contributed by atoms with van der Waals surface area (Å²) in [7, 11) is 2.10. The van der Waals surface area contributed by atoms with Crippen LogP contribution in [-0.4, -0.2) is 23.5 Å². The van der Waals surface area contributed by atoms with Gasteiger partial charge >= 0.3 is 0 Å². The number of hydrogen-bond donors (Lipinski definition) is 0. The van der Waals surface area contributed by atoms with E-state index in [9.17, 15) is 0 Å². The zero-order chi connectivity index (χ0) is 12.4. The Morgan fingerprint density at radius 2 is 1.27 bits per heavy atom. The van der Waals surface area contributed by atoms with E-state index in [2.05, 4.69) is 72.9 Å². The van der Waals surface area contributed by atoms with Gasteiger partial charge in [-0.1, -0.05) is 41.5 Å². The molecular weight excluding hydrogens is 182 g/mol. The fraction of sp³-hybridized carbons (Fsp3) is 0.857. The summed E-state index contributed by atoms with van der Waals surface area (Å²) in [6.45, 7) is 17.9. The summed E-state index contributed by atoms with van der Waals surface area (Å²) < 4.78 is 2.17. The monoisotopic (exact) mass is 210 g/mol. The topological polar surface area (TPSA) is 3.01 Å². The van der Waals surface area contributed by atoms with Gasteiger partial charge in [0, 0.05) is 5.57 Å². The van der Waals surface area contributed by atoms with Crippen molar-refractivity contribution in [1.29, 1.82) is 0 Å². The highest BCUT2D eigenvalue weighted by Crippen LogP contribution is 2.37. The molecule has 1 heteroatoms. The summed E-state index contributed by atoms with van der Waals surface area (Å²) >= 11 is 0. The van der Waals surface area contributed by atoms with Crippen molar-refractivity contribution in [3.63, 3.8) is 0 Å². The first-order valence-corrected chi connectivity index (χ1v) is 5.83. The van der Waals surface area contributed by atoms with Crippen molar-refractivity contribution < 1.29 is 4.58 Å². The first kappa shape index (κ1) is 14.5. The van der Waals surface area contributed by atoms with E-state index in [4.69, 9.17) is 0 Å². The Morgan fingerprint density at radius 1 is 0.933 bits per heavy atom. The lowest BCUT2D eigenvalue weighted by Gasteiger charge is -2.29. The van der Waals surface area contributed by atoms with Gasteiger partial charge in [-0.15, -0.1) is 0 Å². The maximum absolute atomic E-state index is 3.55. The van der Waals surface area contributed by atoms with Gasteiger partial charge in [0.25, 0.3) is 0 Å². The first-order chi connectivity index (χ1) is 6.46. The van der Waals surface area contributed by atoms with E-state index in [0.717, 1.165) is 0 Å². The van der Waals surface area contributed by atoms with E-state index in [1.807, 2.05) is 0 Å². The fourth-order valence-electron chi connectivity index (χ4n) is 1.77. The lowest BCUT2D eigenvalue weighted by Crippen LogP contribution is -2.26. The van der Waals surface area contributed by atoms with Crippen molar-refractivity contribution in [2.24, 2.45) is 10.8 Å². The van der Waals surface area contributed by atoms with Crippen molar-refractivity contribution in [3.05, 3.63) is 5.57 Å². The number of rotatable bonds is 1. The van der Waals surface area contributed by atoms with Crippen LogP contribution in [0.4, 0.5) is 0 Å². The summed E-state index contributed by atoms with van der Waals surface area (Å²) in [6, 6.07) is 0.504. The van der Waals surface area contributed by atoms with Gasteiger partial charge in [-0.3, -0.25) is 0 Å². The normalized spacial score (nSPS) is 12.7. The number of nitrogens with zero attached hydrogens (tertiary/aromatic N) is 1. The smallest absolute Gasteiger partial charge is 0.167 e. The molecule has 0 aliphatic carbocycles. The number of allylic oxidation sites excluding steroid dienone is 1. The quantitative estimate of drug-likeness (QED) is 0.458. The molecule has 0 saturated heterocycles. The molecule has 0 rings (SSSR count). The molecule has 88 valence electrons. The Hall–Kier alpha value is -0.550. The van der Waals surface area contributed by atoms with Crippen LogP contribution in [0.25, 0.3) is 0 Å². The molecule has 0 aromatic rings. The molecule has 0 N–H and O–H groups in total. The molecule has 0 amide bonds. The zero-order valence-corrected chi connectivity index (χ0v) is 12.0. The van der Waals surface area contributed by atoms with E-state index >= 15 is 0 Å². The number of hydrogen-bond acceptors (Lipinski definition) is 0. The molecule has 0 radical (unpaired) electrons. The molecule has 0 saturated carbocycles. The van der Waals surface area contributed by atoms with E-state index in [1.54, 1.807) is 0 Å². The summed E-state index contributed by atoms with van der Waals surface area (Å²) in [5, 5.41) is 0. The van der Waals surface area contributed by atoms with Crippen LogP contribution in [0.5, 0.6) is 0 Å². The largest absolute Gasteiger partial charge is 0.189 e. The van der Waals surface area contributed by atoms with E-state index < -0.39 is 0 Å². The van der Waals surface area contributed by atoms with Crippen LogP contribution in [0.3, 0.4) is 0 Å². The molecule has 0 aromatic carbocycles. The van der Waals surface area contributed by atoms with Gasteiger partial charge in [-0.2, -0.15) is 4.58 Å². The third-order valence-electron chi connectivity index (χ3n) is 2.56. The van der Waals surface area contributed by atoms with Crippen LogP contribution >= 0.6 is 0 Å². The second kappa shape index (κ2) is 4.53. The third-order valence-corrected chi connectivity index (χ3v) is 2.56. The van der Waals surface area contributed by atoms with Crippen LogP contribution in [0.1, 0.15) is 55.4 Å². The van der Waals surface area contributed by atoms with Crippen LogP contribution in [0.15, 0.2) is 5.57 Å². The maximum Gasteiger partial charge on any atom is 0.167 e. The van der Waals surface area contributed by atoms with Gasteiger partial charge in [-0.05, 0) is 24.7 Å². The van der Waals surface area contributed by atoms with Gasteiger partial charge in [0.1, 0.15) is 7.05 Å². The third kappa shape index (κ3) is 4.66. The molecule has 0 aromatic heterocycles. The second-order valence-electron chi connectivity index (χ2n) is 6.69. The fourth-order valence-corrected chi connectivity index (χ4v) is 1.77. The van der Waals surface area contributed by atoms with Crippen molar-refractivity contribution in [1.82, 2.24) is 0 Å². The van der Waals surface area contributed by atoms with E-state index in [0.29, 0.717) is 6.04 Å². The Balaban J connectivity index is 5.63. The Morgan fingerprint density at radius 3 is 1.47 bits per heavy atom. The van der Waals surface area contributed by atoms with Crippen LogP contribution < -0.4 is 0 Å². The summed E-state index contributed by atoms with van der Waals surface area (Å²) in [5.74, 6) is 3.55. The molecule has 0 heterocycles. The van der Waals surface area contributed by atoms with Crippen LogP contribution in [-0.2, 0) is 0 Å². The Kier molecular flexibility index (Phi) is 4.36. The molecule has 0 unspecified atom stereocenters. The van der Waals surface area contributed by atoms with Crippen molar-refractivity contribution in [3.8, 4) is 0 Å². The molecule has 0 atom stereocenters. The highest BCUT2D eigenvalue weighted by atomic mass is 15.0. The van der Waals surface area contributed by atoms with Gasteiger partial charge in [0.15, 0.2) is 11.9 Å². The van der Waals surface area contributed by atoms with Crippen LogP contribution in [0, 0.1) is 10.8 Å². The first-order valence-electron chi connectivity index (χ1n) is 5.83. The minimum atomic E-state index is 0.182. The summed E-state index contributed by atoms with van der Waals surface area (Å²) in [5.41, 5.74) is 1.74. The molecule has 0 aliphatic rings. The summed E-state index contributed by atoms with van der Waals surface area (Å²) in [4.78, 5) is 0. The highest BCUT2D eigenvalue weighted by molar-refractivity contribution is 5.57. The summed E-state index contributed by atoms with van der Waals surface area (Å²) in [6.07, 6.45) is 0. The molecule has 0 aliphatic heterocycles. The molecule has 1 nitrogen and oxygen atoms in total. The minimum absolute atomic E-state index is 0.182. The van der Waals surface area contributed by atoms with E-state index in [1.165, 1.54) is 5.57 Å². The van der Waals surface area contributed by atoms with Gasteiger partial charge in [0.2, 0.25) is 0 Å². The SMILES string of the molecule is CC(C)[N+](C)=C=C(C(C)(C)C)C(C)(C)C. The predicted molar refractivity (Wildman–Crippen MR) is 68.8 cm³/mol. The molecule has 0 spiro atoms. The van der Waals surface area contributed by atoms with Gasteiger partial charge < -0.3 is 0 Å². The average molecular weight is 210 g/mol. The Labute approximate surface area is 95.9 Å².